The fraction of sp³-hybridized carbons (Fsp3) is 0.846. The topological polar surface area (TPSA) is 38.0 Å². The first-order valence-electron chi connectivity index (χ1n) is 6.44. The van der Waals surface area contributed by atoms with E-state index in [1.54, 1.807) is 0 Å². The average molecular weight is 206 g/mol. The fourth-order valence-corrected chi connectivity index (χ4v) is 4.61. The van der Waals surface area contributed by atoms with Crippen molar-refractivity contribution < 1.29 is 0 Å². The fourth-order valence-electron chi connectivity index (χ4n) is 4.61. The van der Waals surface area contributed by atoms with Gasteiger partial charge in [0.1, 0.15) is 0 Å². The number of nitrogens with one attached hydrogen (secondary N) is 1. The van der Waals surface area contributed by atoms with E-state index in [9.17, 15) is 0 Å². The molecular formula is C13H22N2. The van der Waals surface area contributed by atoms with E-state index in [0.717, 1.165) is 36.0 Å². The van der Waals surface area contributed by atoms with Gasteiger partial charge in [-0.3, -0.25) is 11.3 Å². The first kappa shape index (κ1) is 9.86. The van der Waals surface area contributed by atoms with Gasteiger partial charge in [0.25, 0.3) is 0 Å². The van der Waals surface area contributed by atoms with Crippen LogP contribution in [0.1, 0.15) is 32.1 Å². The van der Waals surface area contributed by atoms with E-state index >= 15 is 0 Å². The zero-order valence-electron chi connectivity index (χ0n) is 9.36. The molecule has 0 spiro atoms. The van der Waals surface area contributed by atoms with Crippen LogP contribution in [0, 0.1) is 29.6 Å². The largest absolute Gasteiger partial charge is 0.271 e. The van der Waals surface area contributed by atoms with Crippen molar-refractivity contribution in [1.29, 1.82) is 0 Å². The van der Waals surface area contributed by atoms with E-state index in [2.05, 4.69) is 12.0 Å². The molecule has 3 N–H and O–H groups in total. The second kappa shape index (κ2) is 3.60. The summed E-state index contributed by atoms with van der Waals surface area (Å²) in [6, 6.07) is 0.557. The zero-order valence-corrected chi connectivity index (χ0v) is 9.36. The molecule has 0 aromatic carbocycles. The van der Waals surface area contributed by atoms with Crippen molar-refractivity contribution in [2.45, 2.75) is 38.1 Å². The number of allylic oxidation sites excluding steroid dienone is 1. The highest BCUT2D eigenvalue weighted by molar-refractivity contribution is 5.15. The predicted molar refractivity (Wildman–Crippen MR) is 61.8 cm³/mol. The van der Waals surface area contributed by atoms with Crippen LogP contribution < -0.4 is 11.3 Å². The Balaban J connectivity index is 1.62. The number of hydrogen-bond acceptors (Lipinski definition) is 2. The number of nitrogens with two attached hydrogens (primary N) is 1. The third kappa shape index (κ3) is 1.38. The summed E-state index contributed by atoms with van der Waals surface area (Å²) in [6.07, 6.45) is 8.82. The Kier molecular flexibility index (Phi) is 2.37. The van der Waals surface area contributed by atoms with Gasteiger partial charge in [-0.2, -0.15) is 0 Å². The van der Waals surface area contributed by atoms with Crippen molar-refractivity contribution in [3.8, 4) is 0 Å². The molecule has 2 heteroatoms. The molecule has 0 aromatic heterocycles. The molecule has 5 unspecified atom stereocenters. The van der Waals surface area contributed by atoms with E-state index in [1.165, 1.54) is 25.7 Å². The maximum Gasteiger partial charge on any atom is 0.0247 e. The maximum atomic E-state index is 5.68. The van der Waals surface area contributed by atoms with Gasteiger partial charge in [-0.1, -0.05) is 6.08 Å². The minimum atomic E-state index is 0.557. The van der Waals surface area contributed by atoms with Gasteiger partial charge in [-0.15, -0.1) is 6.58 Å². The summed E-state index contributed by atoms with van der Waals surface area (Å²) in [5.41, 5.74) is 3.05. The van der Waals surface area contributed by atoms with Crippen LogP contribution in [-0.4, -0.2) is 6.04 Å². The lowest BCUT2D eigenvalue weighted by molar-refractivity contribution is 0.353. The van der Waals surface area contributed by atoms with Crippen LogP contribution in [0.25, 0.3) is 0 Å². The summed E-state index contributed by atoms with van der Waals surface area (Å²) in [7, 11) is 0. The summed E-state index contributed by atoms with van der Waals surface area (Å²) in [5, 5.41) is 0. The first-order valence-corrected chi connectivity index (χ1v) is 6.44. The molecular weight excluding hydrogens is 184 g/mol. The first-order chi connectivity index (χ1) is 7.36. The second-order valence-corrected chi connectivity index (χ2v) is 5.70. The van der Waals surface area contributed by atoms with Crippen molar-refractivity contribution in [2.75, 3.05) is 0 Å². The molecule has 0 heterocycles. The quantitative estimate of drug-likeness (QED) is 0.410. The number of hydrazine groups is 1. The summed E-state index contributed by atoms with van der Waals surface area (Å²) in [5.74, 6) is 10.8. The Morgan fingerprint density at radius 2 is 2.00 bits per heavy atom. The third-order valence-corrected chi connectivity index (χ3v) is 5.16. The van der Waals surface area contributed by atoms with Crippen LogP contribution >= 0.6 is 0 Å². The van der Waals surface area contributed by atoms with Gasteiger partial charge in [0.15, 0.2) is 0 Å². The highest BCUT2D eigenvalue weighted by Crippen LogP contribution is 2.70. The van der Waals surface area contributed by atoms with Crippen LogP contribution in [0.5, 0.6) is 0 Å². The monoisotopic (exact) mass is 206 g/mol. The molecule has 0 aromatic rings. The molecule has 2 bridgehead atoms. The van der Waals surface area contributed by atoms with Crippen molar-refractivity contribution >= 4 is 0 Å². The van der Waals surface area contributed by atoms with E-state index in [4.69, 9.17) is 5.84 Å². The van der Waals surface area contributed by atoms with Crippen LogP contribution in [0.2, 0.25) is 0 Å². The number of hydrogen-bond donors (Lipinski definition) is 2. The third-order valence-electron chi connectivity index (χ3n) is 5.16. The number of rotatable bonds is 5. The van der Waals surface area contributed by atoms with Gasteiger partial charge in [0, 0.05) is 6.04 Å². The van der Waals surface area contributed by atoms with Crippen LogP contribution in [0.15, 0.2) is 12.7 Å². The van der Waals surface area contributed by atoms with E-state index in [0.29, 0.717) is 6.04 Å². The predicted octanol–water partition coefficient (Wildman–Crippen LogP) is 2.08. The minimum absolute atomic E-state index is 0.557. The summed E-state index contributed by atoms with van der Waals surface area (Å²) >= 11 is 0. The minimum Gasteiger partial charge on any atom is -0.271 e. The molecule has 0 radical (unpaired) electrons. The molecule has 3 rings (SSSR count). The molecule has 84 valence electrons. The lowest BCUT2D eigenvalue weighted by atomic mass is 9.95. The summed E-state index contributed by atoms with van der Waals surface area (Å²) in [4.78, 5) is 0. The summed E-state index contributed by atoms with van der Waals surface area (Å²) in [6.45, 7) is 3.79. The molecule has 2 nitrogen and oxygen atoms in total. The maximum absolute atomic E-state index is 5.68. The van der Waals surface area contributed by atoms with Gasteiger partial charge >= 0.3 is 0 Å². The molecule has 5 atom stereocenters. The van der Waals surface area contributed by atoms with Crippen LogP contribution in [-0.2, 0) is 0 Å². The van der Waals surface area contributed by atoms with Gasteiger partial charge in [-0.25, -0.2) is 0 Å². The van der Waals surface area contributed by atoms with Crippen molar-refractivity contribution in [3.05, 3.63) is 12.7 Å². The number of fused-ring (bicyclic) bond motifs is 5. The van der Waals surface area contributed by atoms with E-state index in [-0.39, 0.29) is 0 Å². The second-order valence-electron chi connectivity index (χ2n) is 5.70. The van der Waals surface area contributed by atoms with Crippen molar-refractivity contribution in [3.63, 3.8) is 0 Å². The van der Waals surface area contributed by atoms with Gasteiger partial charge < -0.3 is 0 Å². The molecule has 0 aliphatic heterocycles. The standard InChI is InChI=1S/C13H22N2/c1-2-3-4-10(15-14)13-11-8-5-6-9(7-8)12(11)13/h2,8-13,15H,1,3-7,14H2. The highest BCUT2D eigenvalue weighted by atomic mass is 15.2. The molecule has 3 aliphatic carbocycles. The summed E-state index contributed by atoms with van der Waals surface area (Å²) < 4.78 is 0. The van der Waals surface area contributed by atoms with Gasteiger partial charge in [0.2, 0.25) is 0 Å². The van der Waals surface area contributed by atoms with Crippen molar-refractivity contribution in [2.24, 2.45) is 35.4 Å². The lowest BCUT2D eigenvalue weighted by Crippen LogP contribution is -2.38. The van der Waals surface area contributed by atoms with E-state index < -0.39 is 0 Å². The van der Waals surface area contributed by atoms with Gasteiger partial charge in [0.05, 0.1) is 0 Å². The Morgan fingerprint density at radius 1 is 1.33 bits per heavy atom. The van der Waals surface area contributed by atoms with Gasteiger partial charge in [-0.05, 0) is 61.7 Å². The van der Waals surface area contributed by atoms with Crippen LogP contribution in [0.4, 0.5) is 0 Å². The molecule has 0 amide bonds. The molecule has 3 saturated carbocycles. The Morgan fingerprint density at radius 3 is 2.53 bits per heavy atom. The average Bonchev–Trinajstić information content (AvgIpc) is 2.70. The highest BCUT2D eigenvalue weighted by Gasteiger charge is 2.66. The Labute approximate surface area is 92.3 Å². The Hall–Kier alpha value is -0.340. The molecule has 15 heavy (non-hydrogen) atoms. The molecule has 3 fully saturated rings. The normalized spacial score (nSPS) is 47.7. The van der Waals surface area contributed by atoms with E-state index in [1.807, 2.05) is 6.08 Å². The molecule has 0 saturated heterocycles. The van der Waals surface area contributed by atoms with Crippen LogP contribution in [0.3, 0.4) is 0 Å². The SMILES string of the molecule is C=CCCC(NN)C1C2C3CCC(C3)C21. The smallest absolute Gasteiger partial charge is 0.0247 e. The lowest BCUT2D eigenvalue weighted by Gasteiger charge is -2.18. The zero-order chi connectivity index (χ0) is 10.4. The van der Waals surface area contributed by atoms with Crippen molar-refractivity contribution in [1.82, 2.24) is 5.43 Å². The molecule has 3 aliphatic rings. The Bertz CT molecular complexity index is 247.